The highest BCUT2D eigenvalue weighted by Gasteiger charge is 2.86. The highest BCUT2D eigenvalue weighted by Crippen LogP contribution is 2.79. The van der Waals surface area contributed by atoms with E-state index in [2.05, 4.69) is 0 Å². The van der Waals surface area contributed by atoms with Crippen LogP contribution in [0.15, 0.2) is 10.1 Å². The van der Waals surface area contributed by atoms with E-state index in [4.69, 9.17) is 104 Å². The molecule has 19 heavy (non-hydrogen) atoms. The first-order valence-electron chi connectivity index (χ1n) is 5.28. The average molecular weight is 444 g/mol. The van der Waals surface area contributed by atoms with E-state index in [1.807, 2.05) is 0 Å². The van der Waals surface area contributed by atoms with Crippen molar-refractivity contribution < 1.29 is 0 Å². The molecule has 3 unspecified atom stereocenters. The molecule has 2 bridgehead atoms. The van der Waals surface area contributed by atoms with Gasteiger partial charge in [-0.3, -0.25) is 0 Å². The second-order valence-electron chi connectivity index (χ2n) is 5.01. The van der Waals surface area contributed by atoms with E-state index in [0.717, 1.165) is 0 Å². The minimum absolute atomic E-state index is 0.123. The van der Waals surface area contributed by atoms with Crippen LogP contribution >= 0.6 is 104 Å². The monoisotopic (exact) mass is 440 g/mol. The summed E-state index contributed by atoms with van der Waals surface area (Å²) in [7, 11) is 0. The summed E-state index contributed by atoms with van der Waals surface area (Å²) in [6, 6.07) is 0. The standard InChI is InChI=1S/C10H5Cl9/c11-3-1-2(4(12)5(3)13)9(17)7(15)6(14)8(1,16)10(9,18)19/h1-5H/t1?,2?,3-,4+,5?,8+,9-. The first-order valence-corrected chi connectivity index (χ1v) is 8.86. The molecule has 2 fully saturated rings. The fraction of sp³-hybridized carbons (Fsp3) is 0.800. The Morgan fingerprint density at radius 1 is 0.632 bits per heavy atom. The lowest BCUT2D eigenvalue weighted by Gasteiger charge is -2.35. The topological polar surface area (TPSA) is 0 Å². The smallest absolute Gasteiger partial charge is 0.121 e. The quantitative estimate of drug-likeness (QED) is 0.409. The Balaban J connectivity index is 2.29. The van der Waals surface area contributed by atoms with Crippen LogP contribution in [-0.2, 0) is 0 Å². The van der Waals surface area contributed by atoms with E-state index in [-0.39, 0.29) is 10.1 Å². The molecule has 0 aromatic heterocycles. The van der Waals surface area contributed by atoms with Crippen LogP contribution in [0, 0.1) is 11.8 Å². The summed E-state index contributed by atoms with van der Waals surface area (Å²) < 4.78 is -1.61. The van der Waals surface area contributed by atoms with Gasteiger partial charge in [-0.25, -0.2) is 0 Å². The molecule has 0 N–H and O–H groups in total. The molecule has 0 nitrogen and oxygen atoms in total. The molecule has 0 heterocycles. The minimum atomic E-state index is -1.61. The van der Waals surface area contributed by atoms with Crippen LogP contribution < -0.4 is 0 Å². The summed E-state index contributed by atoms with van der Waals surface area (Å²) in [6.07, 6.45) is 0. The first-order chi connectivity index (χ1) is 8.54. The predicted octanol–water partition coefficient (Wildman–Crippen LogP) is 5.90. The Bertz CT molecular complexity index is 447. The second-order valence-corrected chi connectivity index (χ2v) is 9.80. The van der Waals surface area contributed by atoms with Crippen molar-refractivity contribution in [3.63, 3.8) is 0 Å². The molecular formula is C10H5Cl9. The number of fused-ring (bicyclic) bond motifs is 5. The summed E-state index contributed by atoms with van der Waals surface area (Å²) in [6.45, 7) is 0. The van der Waals surface area contributed by atoms with Gasteiger partial charge in [-0.05, 0) is 0 Å². The molecule has 7 atom stereocenters. The molecule has 108 valence electrons. The Hall–Kier alpha value is 2.35. The fourth-order valence-electron chi connectivity index (χ4n) is 3.47. The van der Waals surface area contributed by atoms with Gasteiger partial charge in [-0.2, -0.15) is 0 Å². The molecule has 2 saturated carbocycles. The third kappa shape index (κ3) is 1.47. The SMILES string of the molecule is ClC1=C(Cl)[C@]2(Cl)C3C([C@@H](Cl)C(Cl)[C@H]3Cl)[C@@]1(Cl)C2(Cl)Cl. The number of allylic oxidation sites excluding steroid dienone is 2. The summed E-state index contributed by atoms with van der Waals surface area (Å²) in [5, 5.41) is -1.38. The molecule has 0 aliphatic heterocycles. The molecule has 0 spiro atoms. The van der Waals surface area contributed by atoms with Crippen molar-refractivity contribution in [3.8, 4) is 0 Å². The molecule has 3 aliphatic carbocycles. The van der Waals surface area contributed by atoms with Gasteiger partial charge in [0.25, 0.3) is 0 Å². The van der Waals surface area contributed by atoms with Crippen LogP contribution in [0.25, 0.3) is 0 Å². The van der Waals surface area contributed by atoms with Crippen LogP contribution in [0.4, 0.5) is 0 Å². The van der Waals surface area contributed by atoms with Gasteiger partial charge in [0.15, 0.2) is 4.33 Å². The van der Waals surface area contributed by atoms with Crippen LogP contribution in [0.1, 0.15) is 0 Å². The summed E-state index contributed by atoms with van der Waals surface area (Å²) in [5.74, 6) is -0.910. The molecule has 3 rings (SSSR count). The summed E-state index contributed by atoms with van der Waals surface area (Å²) >= 11 is 57.4. The van der Waals surface area contributed by atoms with E-state index in [1.54, 1.807) is 0 Å². The van der Waals surface area contributed by atoms with Crippen molar-refractivity contribution in [2.24, 2.45) is 11.8 Å². The van der Waals surface area contributed by atoms with Gasteiger partial charge in [0.1, 0.15) is 9.75 Å². The zero-order valence-electron chi connectivity index (χ0n) is 8.79. The first kappa shape index (κ1) is 16.2. The third-order valence-corrected chi connectivity index (χ3v) is 10.5. The molecule has 0 aromatic rings. The van der Waals surface area contributed by atoms with Crippen LogP contribution in [0.3, 0.4) is 0 Å². The van der Waals surface area contributed by atoms with Crippen molar-refractivity contribution in [1.82, 2.24) is 0 Å². The molecule has 0 aromatic carbocycles. The maximum absolute atomic E-state index is 6.63. The zero-order valence-corrected chi connectivity index (χ0v) is 15.6. The largest absolute Gasteiger partial charge is 0.166 e. The normalized spacial score (nSPS) is 58.9. The Labute approximate surface area is 155 Å². The number of alkyl halides is 7. The highest BCUT2D eigenvalue weighted by molar-refractivity contribution is 6.66. The van der Waals surface area contributed by atoms with Gasteiger partial charge in [-0.1, -0.05) is 46.4 Å². The Kier molecular flexibility index (Phi) is 3.80. The molecule has 0 amide bonds. The Morgan fingerprint density at radius 2 is 0.947 bits per heavy atom. The van der Waals surface area contributed by atoms with Gasteiger partial charge < -0.3 is 0 Å². The maximum atomic E-state index is 6.63. The molecule has 3 aliphatic rings. The van der Waals surface area contributed by atoms with E-state index in [1.165, 1.54) is 0 Å². The maximum Gasteiger partial charge on any atom is 0.166 e. The van der Waals surface area contributed by atoms with E-state index in [0.29, 0.717) is 0 Å². The van der Waals surface area contributed by atoms with Crippen molar-refractivity contribution in [1.29, 1.82) is 0 Å². The zero-order chi connectivity index (χ0) is 14.5. The lowest BCUT2D eigenvalue weighted by molar-refractivity contribution is 0.388. The van der Waals surface area contributed by atoms with Crippen LogP contribution in [-0.4, -0.2) is 30.2 Å². The molecule has 9 heteroatoms. The Morgan fingerprint density at radius 3 is 1.26 bits per heavy atom. The molecule has 0 radical (unpaired) electrons. The van der Waals surface area contributed by atoms with Crippen molar-refractivity contribution in [2.45, 2.75) is 30.2 Å². The van der Waals surface area contributed by atoms with Crippen molar-refractivity contribution in [2.75, 3.05) is 0 Å². The lowest BCUT2D eigenvalue weighted by atomic mass is 9.84. The number of hydrogen-bond acceptors (Lipinski definition) is 0. The highest BCUT2D eigenvalue weighted by atomic mass is 35.5. The van der Waals surface area contributed by atoms with Crippen LogP contribution in [0.2, 0.25) is 0 Å². The third-order valence-electron chi connectivity index (χ3n) is 4.35. The average Bonchev–Trinajstić information content (AvgIpc) is 2.69. The van der Waals surface area contributed by atoms with Gasteiger partial charge >= 0.3 is 0 Å². The van der Waals surface area contributed by atoms with Gasteiger partial charge in [-0.15, -0.1) is 58.0 Å². The van der Waals surface area contributed by atoms with Crippen molar-refractivity contribution >= 4 is 104 Å². The fourth-order valence-corrected chi connectivity index (χ4v) is 8.08. The van der Waals surface area contributed by atoms with E-state index >= 15 is 0 Å². The van der Waals surface area contributed by atoms with Gasteiger partial charge in [0, 0.05) is 11.8 Å². The summed E-state index contributed by atoms with van der Waals surface area (Å²) in [4.78, 5) is -2.77. The van der Waals surface area contributed by atoms with E-state index in [9.17, 15) is 0 Å². The van der Waals surface area contributed by atoms with Crippen molar-refractivity contribution in [3.05, 3.63) is 10.1 Å². The van der Waals surface area contributed by atoms with E-state index < -0.39 is 42.0 Å². The summed E-state index contributed by atoms with van der Waals surface area (Å²) in [5.41, 5.74) is 0. The predicted molar refractivity (Wildman–Crippen MR) is 86.2 cm³/mol. The second kappa shape index (κ2) is 4.46. The number of halogens is 9. The van der Waals surface area contributed by atoms with Gasteiger partial charge in [0.2, 0.25) is 0 Å². The molecular weight excluding hydrogens is 439 g/mol. The molecule has 0 saturated heterocycles. The number of rotatable bonds is 0. The van der Waals surface area contributed by atoms with Gasteiger partial charge in [0.05, 0.1) is 26.2 Å². The van der Waals surface area contributed by atoms with Crippen LogP contribution in [0.5, 0.6) is 0 Å². The lowest BCUT2D eigenvalue weighted by Crippen LogP contribution is -2.48. The minimum Gasteiger partial charge on any atom is -0.121 e. The number of hydrogen-bond donors (Lipinski definition) is 0.